The molecule has 0 unspecified atom stereocenters. The molecule has 164 valence electrons. The van der Waals surface area contributed by atoms with Crippen molar-refractivity contribution in [1.82, 2.24) is 4.90 Å². The summed E-state index contributed by atoms with van der Waals surface area (Å²) in [7, 11) is 0. The number of amides is 1. The molecule has 1 aromatic carbocycles. The molecule has 3 heteroatoms. The molecule has 0 N–H and O–H groups in total. The maximum absolute atomic E-state index is 13.6. The van der Waals surface area contributed by atoms with Crippen molar-refractivity contribution in [3.8, 4) is 0 Å². The third-order valence-corrected chi connectivity index (χ3v) is 7.69. The van der Waals surface area contributed by atoms with E-state index in [0.29, 0.717) is 12.3 Å². The lowest BCUT2D eigenvalue weighted by atomic mass is 9.62. The number of carbonyl (C=O) groups excluding carboxylic acids is 2. The number of fused-ring (bicyclic) bond motifs is 1. The minimum absolute atomic E-state index is 0.0147. The quantitative estimate of drug-likeness (QED) is 0.581. The summed E-state index contributed by atoms with van der Waals surface area (Å²) < 4.78 is 0. The first-order valence-corrected chi connectivity index (χ1v) is 11.7. The van der Waals surface area contributed by atoms with E-state index in [2.05, 4.69) is 49.6 Å². The van der Waals surface area contributed by atoms with Crippen LogP contribution in [0.15, 0.2) is 65.3 Å². The van der Waals surface area contributed by atoms with Gasteiger partial charge in [-0.15, -0.1) is 0 Å². The zero-order valence-corrected chi connectivity index (χ0v) is 19.2. The second-order valence-corrected chi connectivity index (χ2v) is 10.2. The first kappa shape index (κ1) is 21.8. The molecule has 0 aromatic heterocycles. The molecule has 1 heterocycles. The van der Waals surface area contributed by atoms with E-state index in [9.17, 15) is 9.59 Å². The average molecular weight is 418 g/mol. The van der Waals surface area contributed by atoms with Crippen LogP contribution >= 0.6 is 0 Å². The van der Waals surface area contributed by atoms with Crippen LogP contribution in [0.3, 0.4) is 0 Å². The Morgan fingerprint density at radius 1 is 1.10 bits per heavy atom. The van der Waals surface area contributed by atoms with Gasteiger partial charge in [0.1, 0.15) is 0 Å². The van der Waals surface area contributed by atoms with E-state index in [-0.39, 0.29) is 23.1 Å². The number of nitrogens with zero attached hydrogens (tertiary/aromatic N) is 1. The fourth-order valence-corrected chi connectivity index (χ4v) is 6.02. The Kier molecular flexibility index (Phi) is 6.05. The van der Waals surface area contributed by atoms with Crippen LogP contribution in [0.5, 0.6) is 0 Å². The Morgan fingerprint density at radius 3 is 2.55 bits per heavy atom. The zero-order valence-electron chi connectivity index (χ0n) is 19.2. The van der Waals surface area contributed by atoms with E-state index in [1.165, 1.54) is 11.1 Å². The summed E-state index contributed by atoms with van der Waals surface area (Å²) in [5.74, 6) is 0.883. The number of hydrogen-bond acceptors (Lipinski definition) is 2. The molecule has 1 amide bonds. The molecule has 0 saturated carbocycles. The molecule has 2 bridgehead atoms. The van der Waals surface area contributed by atoms with Crippen LogP contribution in [0.2, 0.25) is 0 Å². The minimum Gasteiger partial charge on any atom is -0.332 e. The third-order valence-electron chi connectivity index (χ3n) is 7.69. The number of rotatable bonds is 3. The first-order chi connectivity index (χ1) is 14.8. The van der Waals surface area contributed by atoms with Crippen LogP contribution in [0.4, 0.5) is 0 Å². The summed E-state index contributed by atoms with van der Waals surface area (Å²) in [6.07, 6.45) is 7.71. The van der Waals surface area contributed by atoms with Crippen molar-refractivity contribution in [2.75, 3.05) is 6.54 Å². The lowest BCUT2D eigenvalue weighted by Gasteiger charge is -2.43. The topological polar surface area (TPSA) is 37.4 Å². The highest BCUT2D eigenvalue weighted by atomic mass is 16.2. The summed E-state index contributed by atoms with van der Waals surface area (Å²) in [5, 5.41) is 0. The molecule has 1 aromatic rings. The van der Waals surface area contributed by atoms with Crippen LogP contribution < -0.4 is 0 Å². The van der Waals surface area contributed by atoms with Gasteiger partial charge in [0, 0.05) is 18.5 Å². The molecular weight excluding hydrogens is 382 g/mol. The van der Waals surface area contributed by atoms with Gasteiger partial charge in [0.2, 0.25) is 5.91 Å². The molecule has 2 aliphatic carbocycles. The molecule has 4 rings (SSSR count). The second kappa shape index (κ2) is 8.61. The Morgan fingerprint density at radius 2 is 1.81 bits per heavy atom. The molecule has 0 radical (unpaired) electrons. The van der Waals surface area contributed by atoms with Gasteiger partial charge in [-0.2, -0.15) is 0 Å². The van der Waals surface area contributed by atoms with Gasteiger partial charge in [-0.1, -0.05) is 61.9 Å². The van der Waals surface area contributed by atoms with Gasteiger partial charge in [0.05, 0.1) is 6.04 Å². The van der Waals surface area contributed by atoms with Crippen LogP contribution in [0.1, 0.15) is 64.9 Å². The smallest absolute Gasteiger partial charge is 0.250 e. The first-order valence-electron chi connectivity index (χ1n) is 11.7. The SMILES string of the molecule is C=C1CC[C@H]2CCC3=C([C@H](C/C(C)=C/C(=O)C1)N(CCc1ccccc1)C3=O)C2(C)C. The van der Waals surface area contributed by atoms with Crippen molar-refractivity contribution in [2.45, 2.75) is 71.8 Å². The van der Waals surface area contributed by atoms with Gasteiger partial charge in [-0.25, -0.2) is 0 Å². The van der Waals surface area contributed by atoms with Crippen LogP contribution in [-0.4, -0.2) is 29.2 Å². The van der Waals surface area contributed by atoms with Gasteiger partial charge in [-0.05, 0) is 74.0 Å². The fraction of sp³-hybridized carbons (Fsp3) is 0.500. The summed E-state index contributed by atoms with van der Waals surface area (Å²) in [6.45, 7) is 11.6. The molecular formula is C28H35NO2. The lowest BCUT2D eigenvalue weighted by Crippen LogP contribution is -2.41. The normalized spacial score (nSPS) is 28.2. The number of ketones is 1. The summed E-state index contributed by atoms with van der Waals surface area (Å²) in [5.41, 5.74) is 5.73. The number of benzene rings is 1. The van der Waals surface area contributed by atoms with Crippen molar-refractivity contribution < 1.29 is 9.59 Å². The van der Waals surface area contributed by atoms with E-state index in [0.717, 1.165) is 61.8 Å². The molecule has 0 fully saturated rings. The van der Waals surface area contributed by atoms with Crippen molar-refractivity contribution in [3.05, 3.63) is 70.8 Å². The van der Waals surface area contributed by atoms with E-state index < -0.39 is 0 Å². The van der Waals surface area contributed by atoms with Crippen molar-refractivity contribution in [3.63, 3.8) is 0 Å². The van der Waals surface area contributed by atoms with Gasteiger partial charge in [0.25, 0.3) is 0 Å². The van der Waals surface area contributed by atoms with Crippen LogP contribution in [0.25, 0.3) is 0 Å². The minimum atomic E-state index is -0.0147. The molecule has 2 atom stereocenters. The van der Waals surface area contributed by atoms with Gasteiger partial charge in [-0.3, -0.25) is 9.59 Å². The van der Waals surface area contributed by atoms with Crippen LogP contribution in [-0.2, 0) is 16.0 Å². The average Bonchev–Trinajstić information content (AvgIpc) is 2.97. The molecule has 3 nitrogen and oxygen atoms in total. The summed E-state index contributed by atoms with van der Waals surface area (Å²) in [6, 6.07) is 10.5. The highest BCUT2D eigenvalue weighted by Gasteiger charge is 2.49. The molecule has 31 heavy (non-hydrogen) atoms. The Labute approximate surface area is 186 Å². The van der Waals surface area contributed by atoms with Gasteiger partial charge < -0.3 is 4.90 Å². The highest BCUT2D eigenvalue weighted by Crippen LogP contribution is 2.53. The Balaban J connectivity index is 1.70. The third kappa shape index (κ3) is 4.33. The monoisotopic (exact) mass is 417 g/mol. The molecule has 0 spiro atoms. The van der Waals surface area contributed by atoms with Crippen molar-refractivity contribution in [2.24, 2.45) is 11.3 Å². The lowest BCUT2D eigenvalue weighted by molar-refractivity contribution is -0.127. The predicted molar refractivity (Wildman–Crippen MR) is 126 cm³/mol. The van der Waals surface area contributed by atoms with Crippen LogP contribution in [0, 0.1) is 11.3 Å². The Bertz CT molecular complexity index is 950. The van der Waals surface area contributed by atoms with Crippen molar-refractivity contribution >= 4 is 11.7 Å². The predicted octanol–water partition coefficient (Wildman–Crippen LogP) is 5.82. The standard InChI is InChI=1S/C28H35NO2/c1-19-10-11-22-12-13-24-26(28(22,3)4)25(18-20(2)17-23(30)16-19)29(27(24)31)15-14-21-8-6-5-7-9-21/h5-9,17,22,25H,1,10-16,18H2,2-4H3/b20-17+/t22-,25-/m0/s1. The highest BCUT2D eigenvalue weighted by molar-refractivity contribution is 5.98. The second-order valence-electron chi connectivity index (χ2n) is 10.2. The summed E-state index contributed by atoms with van der Waals surface area (Å²) in [4.78, 5) is 28.2. The number of allylic oxidation sites excluding steroid dienone is 2. The number of hydrogen-bond donors (Lipinski definition) is 0. The summed E-state index contributed by atoms with van der Waals surface area (Å²) >= 11 is 0. The molecule has 1 aliphatic heterocycles. The van der Waals surface area contributed by atoms with Gasteiger partial charge in [0.15, 0.2) is 5.78 Å². The van der Waals surface area contributed by atoms with E-state index in [4.69, 9.17) is 0 Å². The van der Waals surface area contributed by atoms with E-state index >= 15 is 0 Å². The number of carbonyl (C=O) groups is 2. The fourth-order valence-electron chi connectivity index (χ4n) is 6.02. The van der Waals surface area contributed by atoms with Crippen molar-refractivity contribution in [1.29, 1.82) is 0 Å². The van der Waals surface area contributed by atoms with E-state index in [1.54, 1.807) is 6.08 Å². The maximum atomic E-state index is 13.6. The zero-order chi connectivity index (χ0) is 22.2. The van der Waals surface area contributed by atoms with E-state index in [1.807, 2.05) is 13.0 Å². The largest absolute Gasteiger partial charge is 0.332 e. The molecule has 3 aliphatic rings. The van der Waals surface area contributed by atoms with Gasteiger partial charge >= 0.3 is 0 Å². The maximum Gasteiger partial charge on any atom is 0.250 e. The Hall–Kier alpha value is -2.42. The molecule has 0 saturated heterocycles.